The Kier molecular flexibility index (Phi) is 3.48. The molecule has 0 aliphatic rings. The van der Waals surface area contributed by atoms with Crippen molar-refractivity contribution < 1.29 is 9.90 Å². The van der Waals surface area contributed by atoms with Crippen LogP contribution in [0, 0.1) is 18.3 Å². The van der Waals surface area contributed by atoms with Crippen molar-refractivity contribution in [2.24, 2.45) is 0 Å². The van der Waals surface area contributed by atoms with Gasteiger partial charge in [0.2, 0.25) is 0 Å². The van der Waals surface area contributed by atoms with Crippen molar-refractivity contribution in [1.29, 1.82) is 5.26 Å². The number of amides is 1. The SMILES string of the molecule is Cc1ccc(C(=O)Nc2ccc(C#N)cc2)c(O)c1. The van der Waals surface area contributed by atoms with E-state index >= 15 is 0 Å². The zero-order chi connectivity index (χ0) is 13.8. The Balaban J connectivity index is 2.18. The topological polar surface area (TPSA) is 73.1 Å². The average Bonchev–Trinajstić information content (AvgIpc) is 2.39. The maximum atomic E-state index is 12.0. The number of hydrogen-bond acceptors (Lipinski definition) is 3. The number of aromatic hydroxyl groups is 1. The van der Waals surface area contributed by atoms with Gasteiger partial charge in [0.05, 0.1) is 17.2 Å². The van der Waals surface area contributed by atoms with Gasteiger partial charge in [-0.25, -0.2) is 0 Å². The van der Waals surface area contributed by atoms with Gasteiger partial charge in [-0.3, -0.25) is 4.79 Å². The van der Waals surface area contributed by atoms with Gasteiger partial charge >= 0.3 is 0 Å². The molecule has 1 amide bonds. The van der Waals surface area contributed by atoms with Gasteiger partial charge in [-0.1, -0.05) is 6.07 Å². The maximum Gasteiger partial charge on any atom is 0.259 e. The quantitative estimate of drug-likeness (QED) is 0.863. The first-order valence-electron chi connectivity index (χ1n) is 5.71. The lowest BCUT2D eigenvalue weighted by atomic mass is 10.1. The minimum atomic E-state index is -0.387. The van der Waals surface area contributed by atoms with Crippen molar-refractivity contribution in [3.05, 3.63) is 59.2 Å². The molecule has 4 heteroatoms. The predicted molar refractivity (Wildman–Crippen MR) is 72.0 cm³/mol. The predicted octanol–water partition coefficient (Wildman–Crippen LogP) is 2.82. The van der Waals surface area contributed by atoms with Crippen molar-refractivity contribution in [2.45, 2.75) is 6.92 Å². The Hall–Kier alpha value is -2.80. The molecule has 0 aliphatic carbocycles. The van der Waals surface area contributed by atoms with E-state index in [0.29, 0.717) is 11.3 Å². The average molecular weight is 252 g/mol. The van der Waals surface area contributed by atoms with Crippen LogP contribution in [0.15, 0.2) is 42.5 Å². The van der Waals surface area contributed by atoms with Gasteiger partial charge in [0.25, 0.3) is 5.91 Å². The van der Waals surface area contributed by atoms with Crippen molar-refractivity contribution in [3.63, 3.8) is 0 Å². The summed E-state index contributed by atoms with van der Waals surface area (Å²) in [5, 5.41) is 21.1. The summed E-state index contributed by atoms with van der Waals surface area (Å²) in [5.41, 5.74) is 2.20. The van der Waals surface area contributed by atoms with E-state index in [1.54, 1.807) is 36.4 Å². The molecule has 94 valence electrons. The van der Waals surface area contributed by atoms with Crippen LogP contribution in [0.5, 0.6) is 5.75 Å². The van der Waals surface area contributed by atoms with Gasteiger partial charge in [0.1, 0.15) is 5.75 Å². The second kappa shape index (κ2) is 5.23. The lowest BCUT2D eigenvalue weighted by Crippen LogP contribution is -2.12. The molecule has 0 unspecified atom stereocenters. The highest BCUT2D eigenvalue weighted by atomic mass is 16.3. The summed E-state index contributed by atoms with van der Waals surface area (Å²) in [4.78, 5) is 12.0. The molecule has 19 heavy (non-hydrogen) atoms. The van der Waals surface area contributed by atoms with Gasteiger partial charge in [0, 0.05) is 5.69 Å². The normalized spacial score (nSPS) is 9.68. The number of nitrogens with one attached hydrogen (secondary N) is 1. The number of nitrogens with zero attached hydrogens (tertiary/aromatic N) is 1. The molecule has 0 radical (unpaired) electrons. The van der Waals surface area contributed by atoms with Crippen LogP contribution in [0.3, 0.4) is 0 Å². The van der Waals surface area contributed by atoms with Crippen LogP contribution in [0.2, 0.25) is 0 Å². The summed E-state index contributed by atoms with van der Waals surface area (Å²) in [7, 11) is 0. The Labute approximate surface area is 110 Å². The summed E-state index contributed by atoms with van der Waals surface area (Å²) in [5.74, 6) is -0.437. The third-order valence-electron chi connectivity index (χ3n) is 2.67. The van der Waals surface area contributed by atoms with E-state index < -0.39 is 0 Å². The van der Waals surface area contributed by atoms with E-state index in [1.807, 2.05) is 13.0 Å². The van der Waals surface area contributed by atoms with Crippen LogP contribution in [0.1, 0.15) is 21.5 Å². The molecule has 0 aromatic heterocycles. The molecular weight excluding hydrogens is 240 g/mol. The summed E-state index contributed by atoms with van der Waals surface area (Å²) in [6, 6.07) is 13.4. The maximum absolute atomic E-state index is 12.0. The number of hydrogen-bond donors (Lipinski definition) is 2. The number of benzene rings is 2. The molecule has 2 aromatic rings. The van der Waals surface area contributed by atoms with Crippen LogP contribution in [-0.2, 0) is 0 Å². The monoisotopic (exact) mass is 252 g/mol. The van der Waals surface area contributed by atoms with Crippen LogP contribution >= 0.6 is 0 Å². The van der Waals surface area contributed by atoms with Gasteiger partial charge < -0.3 is 10.4 Å². The second-order valence-corrected chi connectivity index (χ2v) is 4.16. The minimum absolute atomic E-state index is 0.0499. The van der Waals surface area contributed by atoms with E-state index in [9.17, 15) is 9.90 Å². The van der Waals surface area contributed by atoms with E-state index in [1.165, 1.54) is 6.07 Å². The first-order valence-corrected chi connectivity index (χ1v) is 5.71. The number of carbonyl (C=O) groups is 1. The fraction of sp³-hybridized carbons (Fsp3) is 0.0667. The summed E-state index contributed by atoms with van der Waals surface area (Å²) < 4.78 is 0. The third kappa shape index (κ3) is 2.90. The number of carbonyl (C=O) groups excluding carboxylic acids is 1. The van der Waals surface area contributed by atoms with Gasteiger partial charge in [-0.05, 0) is 48.9 Å². The van der Waals surface area contributed by atoms with Crippen molar-refractivity contribution in [2.75, 3.05) is 5.32 Å². The molecule has 0 spiro atoms. The van der Waals surface area contributed by atoms with Crippen molar-refractivity contribution in [1.82, 2.24) is 0 Å². The Morgan fingerprint density at radius 2 is 1.89 bits per heavy atom. The molecule has 0 bridgehead atoms. The molecule has 0 atom stereocenters. The second-order valence-electron chi connectivity index (χ2n) is 4.16. The highest BCUT2D eigenvalue weighted by molar-refractivity contribution is 6.06. The molecule has 0 fully saturated rings. The molecular formula is C15H12N2O2. The molecule has 4 nitrogen and oxygen atoms in total. The van der Waals surface area contributed by atoms with E-state index in [2.05, 4.69) is 5.32 Å². The van der Waals surface area contributed by atoms with Gasteiger partial charge in [-0.15, -0.1) is 0 Å². The smallest absolute Gasteiger partial charge is 0.259 e. The Morgan fingerprint density at radius 1 is 1.21 bits per heavy atom. The molecule has 0 saturated heterocycles. The third-order valence-corrected chi connectivity index (χ3v) is 2.67. The van der Waals surface area contributed by atoms with E-state index in [4.69, 9.17) is 5.26 Å². The summed E-state index contributed by atoms with van der Waals surface area (Å²) in [6.45, 7) is 1.84. The highest BCUT2D eigenvalue weighted by Gasteiger charge is 2.11. The van der Waals surface area contributed by atoms with Gasteiger partial charge in [0.15, 0.2) is 0 Å². The molecule has 0 saturated carbocycles. The molecule has 2 N–H and O–H groups in total. The molecule has 2 rings (SSSR count). The number of rotatable bonds is 2. The lowest BCUT2D eigenvalue weighted by molar-refractivity contribution is 0.102. The van der Waals surface area contributed by atoms with Crippen LogP contribution in [-0.4, -0.2) is 11.0 Å². The number of phenolic OH excluding ortho intramolecular Hbond substituents is 1. The Morgan fingerprint density at radius 3 is 2.47 bits per heavy atom. The largest absolute Gasteiger partial charge is 0.507 e. The number of aryl methyl sites for hydroxylation is 1. The first-order chi connectivity index (χ1) is 9.10. The van der Waals surface area contributed by atoms with Gasteiger partial charge in [-0.2, -0.15) is 5.26 Å². The summed E-state index contributed by atoms with van der Waals surface area (Å²) >= 11 is 0. The first kappa shape index (κ1) is 12.7. The molecule has 0 heterocycles. The highest BCUT2D eigenvalue weighted by Crippen LogP contribution is 2.20. The van der Waals surface area contributed by atoms with Crippen molar-refractivity contribution in [3.8, 4) is 11.8 Å². The molecule has 0 aliphatic heterocycles. The zero-order valence-electron chi connectivity index (χ0n) is 10.3. The number of nitriles is 1. The number of anilines is 1. The fourth-order valence-corrected chi connectivity index (χ4v) is 1.66. The van der Waals surface area contributed by atoms with Crippen LogP contribution in [0.4, 0.5) is 5.69 Å². The van der Waals surface area contributed by atoms with E-state index in [0.717, 1.165) is 5.56 Å². The molecule has 2 aromatic carbocycles. The number of phenols is 1. The van der Waals surface area contributed by atoms with Crippen LogP contribution in [0.25, 0.3) is 0 Å². The standard InChI is InChI=1S/C15H12N2O2/c1-10-2-7-13(14(18)8-10)15(19)17-12-5-3-11(9-16)4-6-12/h2-8,18H,1H3,(H,17,19). The lowest BCUT2D eigenvalue weighted by Gasteiger charge is -2.07. The Bertz CT molecular complexity index is 655. The van der Waals surface area contributed by atoms with E-state index in [-0.39, 0.29) is 17.2 Å². The summed E-state index contributed by atoms with van der Waals surface area (Å²) in [6.07, 6.45) is 0. The van der Waals surface area contributed by atoms with Crippen molar-refractivity contribution >= 4 is 11.6 Å². The zero-order valence-corrected chi connectivity index (χ0v) is 10.3. The minimum Gasteiger partial charge on any atom is -0.507 e. The van der Waals surface area contributed by atoms with Crippen LogP contribution < -0.4 is 5.32 Å². The fourth-order valence-electron chi connectivity index (χ4n) is 1.66.